The summed E-state index contributed by atoms with van der Waals surface area (Å²) in [6.45, 7) is 1.39. The minimum absolute atomic E-state index is 0.0604. The van der Waals surface area contributed by atoms with E-state index in [2.05, 4.69) is 10.6 Å². The lowest BCUT2D eigenvalue weighted by Crippen LogP contribution is -2.34. The number of amides is 3. The van der Waals surface area contributed by atoms with Crippen molar-refractivity contribution in [2.24, 2.45) is 0 Å². The van der Waals surface area contributed by atoms with E-state index in [1.165, 1.54) is 6.92 Å². The SMILES string of the molecule is CC(=O)c1c(NC(=O)NC(=O)c2ccccc2)oc(-c2cccc(Cl)c2)c1Cc1ccc(Cl)cc1. The summed E-state index contributed by atoms with van der Waals surface area (Å²) < 4.78 is 6.01. The number of furan rings is 1. The molecule has 0 radical (unpaired) electrons. The van der Waals surface area contributed by atoms with E-state index in [-0.39, 0.29) is 17.2 Å². The molecule has 4 rings (SSSR count). The van der Waals surface area contributed by atoms with E-state index in [1.807, 2.05) is 12.1 Å². The van der Waals surface area contributed by atoms with Gasteiger partial charge in [-0.25, -0.2) is 4.79 Å². The molecule has 2 N–H and O–H groups in total. The number of imide groups is 1. The van der Waals surface area contributed by atoms with E-state index < -0.39 is 11.9 Å². The zero-order valence-corrected chi connectivity index (χ0v) is 20.1. The van der Waals surface area contributed by atoms with Crippen molar-refractivity contribution in [2.75, 3.05) is 5.32 Å². The quantitative estimate of drug-likeness (QED) is 0.275. The maximum Gasteiger partial charge on any atom is 0.328 e. The molecule has 0 saturated carbocycles. The Labute approximate surface area is 211 Å². The molecule has 8 heteroatoms. The second-order valence-electron chi connectivity index (χ2n) is 7.76. The molecule has 0 spiro atoms. The fourth-order valence-electron chi connectivity index (χ4n) is 3.66. The predicted octanol–water partition coefficient (Wildman–Crippen LogP) is 7.01. The number of anilines is 1. The van der Waals surface area contributed by atoms with Crippen LogP contribution < -0.4 is 10.6 Å². The number of urea groups is 1. The minimum Gasteiger partial charge on any atom is -0.439 e. The van der Waals surface area contributed by atoms with Gasteiger partial charge in [-0.1, -0.05) is 65.7 Å². The summed E-state index contributed by atoms with van der Waals surface area (Å²) in [6, 6.07) is 21.7. The lowest BCUT2D eigenvalue weighted by Gasteiger charge is -2.07. The monoisotopic (exact) mass is 506 g/mol. The van der Waals surface area contributed by atoms with Gasteiger partial charge < -0.3 is 4.42 Å². The van der Waals surface area contributed by atoms with E-state index >= 15 is 0 Å². The van der Waals surface area contributed by atoms with E-state index in [0.29, 0.717) is 38.9 Å². The fraction of sp³-hybridized carbons (Fsp3) is 0.0741. The van der Waals surface area contributed by atoms with Crippen LogP contribution in [0.2, 0.25) is 10.0 Å². The molecule has 0 bridgehead atoms. The number of ketones is 1. The van der Waals surface area contributed by atoms with Gasteiger partial charge in [0.25, 0.3) is 5.91 Å². The Bertz CT molecular complexity index is 1400. The number of nitrogens with one attached hydrogen (secondary N) is 2. The molecule has 0 saturated heterocycles. The molecule has 0 atom stereocenters. The highest BCUT2D eigenvalue weighted by atomic mass is 35.5. The van der Waals surface area contributed by atoms with Crippen molar-refractivity contribution < 1.29 is 18.8 Å². The van der Waals surface area contributed by atoms with Crippen molar-refractivity contribution in [3.05, 3.63) is 111 Å². The zero-order valence-electron chi connectivity index (χ0n) is 18.6. The highest BCUT2D eigenvalue weighted by Crippen LogP contribution is 2.37. The first-order valence-corrected chi connectivity index (χ1v) is 11.4. The van der Waals surface area contributed by atoms with Crippen molar-refractivity contribution in [3.63, 3.8) is 0 Å². The van der Waals surface area contributed by atoms with Gasteiger partial charge in [0.15, 0.2) is 5.78 Å². The summed E-state index contributed by atoms with van der Waals surface area (Å²) in [5.41, 5.74) is 2.62. The van der Waals surface area contributed by atoms with E-state index in [1.54, 1.807) is 66.7 Å². The van der Waals surface area contributed by atoms with Gasteiger partial charge >= 0.3 is 6.03 Å². The molecule has 3 amide bonds. The van der Waals surface area contributed by atoms with Crippen LogP contribution in [0, 0.1) is 0 Å². The number of carbonyl (C=O) groups excluding carboxylic acids is 3. The number of rotatable bonds is 6. The lowest BCUT2D eigenvalue weighted by atomic mass is 9.96. The average molecular weight is 507 g/mol. The van der Waals surface area contributed by atoms with Crippen LogP contribution in [0.3, 0.4) is 0 Å². The first kappa shape index (κ1) is 24.3. The predicted molar refractivity (Wildman–Crippen MR) is 136 cm³/mol. The topological polar surface area (TPSA) is 88.4 Å². The largest absolute Gasteiger partial charge is 0.439 e. The Balaban J connectivity index is 1.72. The van der Waals surface area contributed by atoms with Crippen LogP contribution in [-0.2, 0) is 6.42 Å². The molecule has 0 unspecified atom stereocenters. The lowest BCUT2D eigenvalue weighted by molar-refractivity contribution is 0.0966. The van der Waals surface area contributed by atoms with E-state index in [0.717, 1.165) is 5.56 Å². The summed E-state index contributed by atoms with van der Waals surface area (Å²) in [4.78, 5) is 37.7. The number of benzene rings is 3. The van der Waals surface area contributed by atoms with Gasteiger partial charge in [0.1, 0.15) is 5.76 Å². The summed E-state index contributed by atoms with van der Waals surface area (Å²) in [5, 5.41) is 5.84. The molecular weight excluding hydrogens is 487 g/mol. The van der Waals surface area contributed by atoms with Crippen molar-refractivity contribution in [1.29, 1.82) is 0 Å². The molecule has 0 aliphatic heterocycles. The Morgan fingerprint density at radius 3 is 2.23 bits per heavy atom. The van der Waals surface area contributed by atoms with Crippen LogP contribution in [0.15, 0.2) is 83.3 Å². The zero-order chi connectivity index (χ0) is 24.9. The molecular formula is C27H20Cl2N2O4. The average Bonchev–Trinajstić information content (AvgIpc) is 3.18. The van der Waals surface area contributed by atoms with Crippen LogP contribution >= 0.6 is 23.2 Å². The second-order valence-corrected chi connectivity index (χ2v) is 8.63. The summed E-state index contributed by atoms with van der Waals surface area (Å²) >= 11 is 12.2. The number of hydrogen-bond donors (Lipinski definition) is 2. The van der Waals surface area contributed by atoms with Crippen molar-refractivity contribution in [2.45, 2.75) is 13.3 Å². The first-order chi connectivity index (χ1) is 16.8. The third-order valence-electron chi connectivity index (χ3n) is 5.23. The summed E-state index contributed by atoms with van der Waals surface area (Å²) in [6.07, 6.45) is 0.337. The Morgan fingerprint density at radius 1 is 0.857 bits per heavy atom. The molecule has 0 aliphatic rings. The standard InChI is InChI=1S/C27H20Cl2N2O4/c1-16(32)23-22(14-17-10-12-20(28)13-11-17)24(19-8-5-9-21(29)15-19)35-26(23)31-27(34)30-25(33)18-6-3-2-4-7-18/h2-13,15H,14H2,1H3,(H2,30,31,33,34). The fourth-order valence-corrected chi connectivity index (χ4v) is 3.98. The third-order valence-corrected chi connectivity index (χ3v) is 5.72. The number of Topliss-reactive ketones (excluding diaryl/α,β-unsaturated/α-hetero) is 1. The molecule has 0 aliphatic carbocycles. The van der Waals surface area contributed by atoms with Gasteiger partial charge in [0, 0.05) is 33.2 Å². The van der Waals surface area contributed by atoms with Crippen LogP contribution in [0.4, 0.5) is 10.7 Å². The Kier molecular flexibility index (Phi) is 7.34. The van der Waals surface area contributed by atoms with E-state index in [9.17, 15) is 14.4 Å². The minimum atomic E-state index is -0.828. The van der Waals surface area contributed by atoms with Crippen molar-refractivity contribution in [1.82, 2.24) is 5.32 Å². The number of carbonyl (C=O) groups is 3. The number of halogens is 2. The molecule has 1 heterocycles. The molecule has 35 heavy (non-hydrogen) atoms. The van der Waals surface area contributed by atoms with Gasteiger partial charge in [0.05, 0.1) is 5.56 Å². The van der Waals surface area contributed by atoms with Crippen molar-refractivity contribution >= 4 is 46.8 Å². The molecule has 0 fully saturated rings. The van der Waals surface area contributed by atoms with Gasteiger partial charge in [-0.15, -0.1) is 0 Å². The van der Waals surface area contributed by atoms with Gasteiger partial charge in [-0.05, 0) is 48.9 Å². The highest BCUT2D eigenvalue weighted by molar-refractivity contribution is 6.31. The van der Waals surface area contributed by atoms with Gasteiger partial charge in [-0.2, -0.15) is 0 Å². The smallest absolute Gasteiger partial charge is 0.328 e. The summed E-state index contributed by atoms with van der Waals surface area (Å²) in [7, 11) is 0. The van der Waals surface area contributed by atoms with Crippen LogP contribution in [-0.4, -0.2) is 17.7 Å². The Morgan fingerprint density at radius 2 is 1.57 bits per heavy atom. The van der Waals surface area contributed by atoms with Crippen LogP contribution in [0.1, 0.15) is 38.8 Å². The maximum atomic E-state index is 12.7. The molecule has 6 nitrogen and oxygen atoms in total. The summed E-state index contributed by atoms with van der Waals surface area (Å²) in [5.74, 6) is -0.571. The maximum absolute atomic E-state index is 12.7. The molecule has 1 aromatic heterocycles. The van der Waals surface area contributed by atoms with Crippen molar-refractivity contribution in [3.8, 4) is 11.3 Å². The van der Waals surface area contributed by atoms with E-state index in [4.69, 9.17) is 27.6 Å². The highest BCUT2D eigenvalue weighted by Gasteiger charge is 2.26. The third kappa shape index (κ3) is 5.80. The van der Waals surface area contributed by atoms with Crippen LogP contribution in [0.25, 0.3) is 11.3 Å². The normalized spacial score (nSPS) is 10.6. The van der Waals surface area contributed by atoms with Gasteiger partial charge in [-0.3, -0.25) is 20.2 Å². The molecule has 176 valence electrons. The molecule has 4 aromatic rings. The number of hydrogen-bond acceptors (Lipinski definition) is 4. The molecule has 3 aromatic carbocycles. The first-order valence-electron chi connectivity index (χ1n) is 10.7. The second kappa shape index (κ2) is 10.6. The Hall–Kier alpha value is -3.87. The van der Waals surface area contributed by atoms with Crippen LogP contribution in [0.5, 0.6) is 0 Å². The van der Waals surface area contributed by atoms with Gasteiger partial charge in [0.2, 0.25) is 5.88 Å².